The lowest BCUT2D eigenvalue weighted by molar-refractivity contribution is -0.166. The van der Waals surface area contributed by atoms with E-state index >= 15 is 0 Å². The first-order chi connectivity index (χ1) is 6.91. The molecule has 0 atom stereocenters. The smallest absolute Gasteiger partial charge is 0.379 e. The van der Waals surface area contributed by atoms with Gasteiger partial charge in [0.05, 0.1) is 12.7 Å². The number of aromatic hydroxyl groups is 1. The number of ether oxygens (including phenoxy) is 1. The van der Waals surface area contributed by atoms with Gasteiger partial charge in [-0.15, -0.1) is 0 Å². The first-order valence-corrected chi connectivity index (χ1v) is 3.89. The summed E-state index contributed by atoms with van der Waals surface area (Å²) >= 11 is 0. The molecular formula is C9H8F2O4. The number of methoxy groups -OCH3 is 1. The minimum absolute atomic E-state index is 0.532. The maximum absolute atomic E-state index is 13.1. The van der Waals surface area contributed by atoms with Crippen LogP contribution in [-0.4, -0.2) is 23.3 Å². The van der Waals surface area contributed by atoms with Gasteiger partial charge < -0.3 is 14.9 Å². The van der Waals surface area contributed by atoms with Crippen LogP contribution in [0, 0.1) is 0 Å². The fourth-order valence-electron chi connectivity index (χ4n) is 1.10. The number of phenols is 1. The van der Waals surface area contributed by atoms with Crippen LogP contribution in [0.2, 0.25) is 0 Å². The Kier molecular flexibility index (Phi) is 2.78. The number of phenolic OH excluding ortho intramolecular Hbond substituents is 1. The van der Waals surface area contributed by atoms with E-state index in [9.17, 15) is 18.7 Å². The van der Waals surface area contributed by atoms with Crippen molar-refractivity contribution in [3.05, 3.63) is 23.8 Å². The molecule has 0 fully saturated rings. The van der Waals surface area contributed by atoms with Crippen LogP contribution in [0.5, 0.6) is 11.5 Å². The lowest BCUT2D eigenvalue weighted by atomic mass is 10.1. The molecule has 0 bridgehead atoms. The van der Waals surface area contributed by atoms with Crippen molar-refractivity contribution < 1.29 is 28.5 Å². The summed E-state index contributed by atoms with van der Waals surface area (Å²) in [6.45, 7) is 0. The Morgan fingerprint density at radius 3 is 2.53 bits per heavy atom. The summed E-state index contributed by atoms with van der Waals surface area (Å²) in [6, 6.07) is 3.12. The topological polar surface area (TPSA) is 66.8 Å². The van der Waals surface area contributed by atoms with Crippen LogP contribution in [0.15, 0.2) is 18.2 Å². The monoisotopic (exact) mass is 218 g/mol. The molecule has 0 amide bonds. The van der Waals surface area contributed by atoms with Gasteiger partial charge in [-0.2, -0.15) is 8.78 Å². The van der Waals surface area contributed by atoms with Crippen LogP contribution in [0.4, 0.5) is 8.78 Å². The number of carboxylic acid groups (broad SMARTS) is 1. The molecule has 0 aliphatic rings. The number of hydrogen-bond donors (Lipinski definition) is 2. The Morgan fingerprint density at radius 2 is 2.07 bits per heavy atom. The molecular weight excluding hydrogens is 210 g/mol. The van der Waals surface area contributed by atoms with Crippen LogP contribution in [-0.2, 0) is 10.7 Å². The molecule has 1 aromatic rings. The molecule has 0 saturated heterocycles. The van der Waals surface area contributed by atoms with E-state index in [0.29, 0.717) is 0 Å². The number of aliphatic carboxylic acids is 1. The highest BCUT2D eigenvalue weighted by Gasteiger charge is 2.44. The Labute approximate surface area is 83.7 Å². The van der Waals surface area contributed by atoms with Gasteiger partial charge in [-0.25, -0.2) is 4.79 Å². The summed E-state index contributed by atoms with van der Waals surface area (Å²) in [5.41, 5.74) is -0.877. The molecule has 0 aliphatic carbocycles. The van der Waals surface area contributed by atoms with E-state index in [1.54, 1.807) is 0 Å². The van der Waals surface area contributed by atoms with Gasteiger partial charge in [0.1, 0.15) is 0 Å². The number of rotatable bonds is 3. The average Bonchev–Trinajstić information content (AvgIpc) is 2.17. The number of benzene rings is 1. The van der Waals surface area contributed by atoms with E-state index in [-0.39, 0.29) is 0 Å². The molecule has 0 unspecified atom stereocenters. The molecule has 0 aromatic heterocycles. The van der Waals surface area contributed by atoms with E-state index in [2.05, 4.69) is 4.74 Å². The zero-order chi connectivity index (χ0) is 11.6. The summed E-state index contributed by atoms with van der Waals surface area (Å²) in [7, 11) is 1.07. The van der Waals surface area contributed by atoms with E-state index in [1.165, 1.54) is 0 Å². The first-order valence-electron chi connectivity index (χ1n) is 3.89. The SMILES string of the molecule is COc1c(O)cccc1C(F)(F)C(=O)O. The maximum Gasteiger partial charge on any atom is 0.379 e. The third-order valence-corrected chi connectivity index (χ3v) is 1.81. The number of para-hydroxylation sites is 1. The van der Waals surface area contributed by atoms with Crippen molar-refractivity contribution in [2.24, 2.45) is 0 Å². The van der Waals surface area contributed by atoms with Crippen molar-refractivity contribution in [1.29, 1.82) is 0 Å². The summed E-state index contributed by atoms with van der Waals surface area (Å²) in [6.07, 6.45) is 0. The summed E-state index contributed by atoms with van der Waals surface area (Å²) in [4.78, 5) is 10.3. The van der Waals surface area contributed by atoms with Gasteiger partial charge in [0, 0.05) is 0 Å². The normalized spacial score (nSPS) is 11.1. The second-order valence-corrected chi connectivity index (χ2v) is 2.74. The number of hydrogen-bond acceptors (Lipinski definition) is 3. The predicted molar refractivity (Wildman–Crippen MR) is 46.2 cm³/mol. The number of carboxylic acids is 1. The minimum atomic E-state index is -4.09. The standard InChI is InChI=1S/C9H8F2O4/c1-15-7-5(3-2-4-6(7)12)9(10,11)8(13)14/h2-4,12H,1H3,(H,13,14). The molecule has 2 N–H and O–H groups in total. The molecule has 1 aromatic carbocycles. The largest absolute Gasteiger partial charge is 0.504 e. The molecule has 4 nitrogen and oxygen atoms in total. The molecule has 15 heavy (non-hydrogen) atoms. The summed E-state index contributed by atoms with van der Waals surface area (Å²) in [5.74, 6) is -7.46. The first kappa shape index (κ1) is 11.2. The van der Waals surface area contributed by atoms with Gasteiger partial charge in [-0.05, 0) is 12.1 Å². The van der Waals surface area contributed by atoms with Crippen LogP contribution < -0.4 is 4.74 Å². The van der Waals surface area contributed by atoms with Gasteiger partial charge in [0.25, 0.3) is 0 Å². The Hall–Kier alpha value is -1.85. The number of halogens is 2. The highest BCUT2D eigenvalue weighted by Crippen LogP contribution is 2.39. The Balaban J connectivity index is 3.37. The molecule has 82 valence electrons. The van der Waals surface area contributed by atoms with Crippen LogP contribution >= 0.6 is 0 Å². The van der Waals surface area contributed by atoms with Gasteiger partial charge in [0.2, 0.25) is 0 Å². The predicted octanol–water partition coefficient (Wildman–Crippen LogP) is 1.58. The second kappa shape index (κ2) is 3.72. The lowest BCUT2D eigenvalue weighted by Gasteiger charge is -2.15. The van der Waals surface area contributed by atoms with Gasteiger partial charge >= 0.3 is 11.9 Å². The average molecular weight is 218 g/mol. The second-order valence-electron chi connectivity index (χ2n) is 2.74. The molecule has 6 heteroatoms. The quantitative estimate of drug-likeness (QED) is 0.808. The zero-order valence-corrected chi connectivity index (χ0v) is 7.70. The minimum Gasteiger partial charge on any atom is -0.504 e. The van der Waals surface area contributed by atoms with E-state index in [4.69, 9.17) is 5.11 Å². The molecule has 0 spiro atoms. The van der Waals surface area contributed by atoms with Crippen LogP contribution in [0.1, 0.15) is 5.56 Å². The molecule has 1 rings (SSSR count). The molecule has 0 heterocycles. The van der Waals surface area contributed by atoms with Crippen LogP contribution in [0.3, 0.4) is 0 Å². The molecule has 0 radical (unpaired) electrons. The van der Waals surface area contributed by atoms with Crippen molar-refractivity contribution in [1.82, 2.24) is 0 Å². The number of carbonyl (C=O) groups is 1. The summed E-state index contributed by atoms with van der Waals surface area (Å²) in [5, 5.41) is 17.5. The highest BCUT2D eigenvalue weighted by atomic mass is 19.3. The zero-order valence-electron chi connectivity index (χ0n) is 7.70. The Bertz CT molecular complexity index is 390. The van der Waals surface area contributed by atoms with Crippen molar-refractivity contribution in [2.45, 2.75) is 5.92 Å². The summed E-state index contributed by atoms with van der Waals surface area (Å²) < 4.78 is 30.8. The van der Waals surface area contributed by atoms with Gasteiger partial charge in [0.15, 0.2) is 11.5 Å². The van der Waals surface area contributed by atoms with Crippen molar-refractivity contribution in [3.63, 3.8) is 0 Å². The van der Waals surface area contributed by atoms with E-state index in [1.807, 2.05) is 0 Å². The lowest BCUT2D eigenvalue weighted by Crippen LogP contribution is -2.25. The molecule has 0 aliphatic heterocycles. The number of alkyl halides is 2. The van der Waals surface area contributed by atoms with Crippen molar-refractivity contribution in [2.75, 3.05) is 7.11 Å². The molecule has 0 saturated carbocycles. The fraction of sp³-hybridized carbons (Fsp3) is 0.222. The van der Waals surface area contributed by atoms with Crippen LogP contribution in [0.25, 0.3) is 0 Å². The van der Waals surface area contributed by atoms with Gasteiger partial charge in [-0.3, -0.25) is 0 Å². The maximum atomic E-state index is 13.1. The third-order valence-electron chi connectivity index (χ3n) is 1.81. The fourth-order valence-corrected chi connectivity index (χ4v) is 1.10. The highest BCUT2D eigenvalue weighted by molar-refractivity contribution is 5.79. The van der Waals surface area contributed by atoms with Crippen molar-refractivity contribution in [3.8, 4) is 11.5 Å². The van der Waals surface area contributed by atoms with E-state index in [0.717, 1.165) is 25.3 Å². The third kappa shape index (κ3) is 1.83. The Morgan fingerprint density at radius 1 is 1.47 bits per heavy atom. The van der Waals surface area contributed by atoms with E-state index < -0.39 is 29.0 Å². The van der Waals surface area contributed by atoms with Crippen molar-refractivity contribution >= 4 is 5.97 Å². The van der Waals surface area contributed by atoms with Gasteiger partial charge in [-0.1, -0.05) is 6.07 Å².